The fourth-order valence-corrected chi connectivity index (χ4v) is 2.46. The van der Waals surface area contributed by atoms with Crippen LogP contribution in [-0.2, 0) is 0 Å². The fraction of sp³-hybridized carbons (Fsp3) is 0.176. The van der Waals surface area contributed by atoms with E-state index in [1.165, 1.54) is 0 Å². The van der Waals surface area contributed by atoms with Crippen LogP contribution in [0.3, 0.4) is 0 Å². The van der Waals surface area contributed by atoms with E-state index in [0.717, 1.165) is 12.0 Å². The number of halogens is 1. The van der Waals surface area contributed by atoms with Crippen LogP contribution in [0.1, 0.15) is 17.7 Å². The lowest BCUT2D eigenvalue weighted by Gasteiger charge is -2.10. The van der Waals surface area contributed by atoms with Crippen LogP contribution in [0, 0.1) is 11.3 Å². The molecule has 0 atom stereocenters. The minimum atomic E-state index is 0.464. The maximum Gasteiger partial charge on any atom is 0.179 e. The first-order chi connectivity index (χ1) is 10.8. The molecule has 1 aliphatic rings. The molecule has 1 aromatic heterocycles. The number of benzene rings is 1. The quantitative estimate of drug-likeness (QED) is 0.788. The second-order valence-corrected chi connectivity index (χ2v) is 5.17. The number of nitrogens with zero attached hydrogens (tertiary/aromatic N) is 2. The predicted octanol–water partition coefficient (Wildman–Crippen LogP) is 3.96. The minimum absolute atomic E-state index is 0.464. The fourth-order valence-electron chi connectivity index (χ4n) is 2.19. The highest BCUT2D eigenvalue weighted by atomic mass is 35.5. The Bertz CT molecular complexity index is 751. The van der Waals surface area contributed by atoms with Crippen molar-refractivity contribution in [1.82, 2.24) is 4.98 Å². The SMILES string of the molecule is N#C/C(=C\c1cc(Cl)c2c(c1)OCCCO2)c1ccccn1. The van der Waals surface area contributed by atoms with E-state index in [1.807, 2.05) is 18.2 Å². The van der Waals surface area contributed by atoms with Crippen molar-refractivity contribution in [2.24, 2.45) is 0 Å². The molecule has 0 N–H and O–H groups in total. The molecule has 2 heterocycles. The van der Waals surface area contributed by atoms with Crippen LogP contribution in [0.25, 0.3) is 11.6 Å². The van der Waals surface area contributed by atoms with Crippen LogP contribution in [0.4, 0.5) is 0 Å². The van der Waals surface area contributed by atoms with Gasteiger partial charge in [0, 0.05) is 12.6 Å². The summed E-state index contributed by atoms with van der Waals surface area (Å²) in [6.45, 7) is 1.17. The molecule has 22 heavy (non-hydrogen) atoms. The third-order valence-electron chi connectivity index (χ3n) is 3.20. The molecule has 5 heteroatoms. The summed E-state index contributed by atoms with van der Waals surface area (Å²) < 4.78 is 11.2. The molecule has 4 nitrogen and oxygen atoms in total. The van der Waals surface area contributed by atoms with Gasteiger partial charge in [-0.3, -0.25) is 4.98 Å². The maximum atomic E-state index is 9.35. The molecule has 1 aliphatic heterocycles. The molecular formula is C17H13ClN2O2. The van der Waals surface area contributed by atoms with E-state index < -0.39 is 0 Å². The summed E-state index contributed by atoms with van der Waals surface area (Å²) in [5, 5.41) is 9.82. The largest absolute Gasteiger partial charge is 0.489 e. The Hall–Kier alpha value is -2.51. The summed E-state index contributed by atoms with van der Waals surface area (Å²) in [6, 6.07) is 11.2. The van der Waals surface area contributed by atoms with Gasteiger partial charge in [-0.2, -0.15) is 5.26 Å². The summed E-state index contributed by atoms with van der Waals surface area (Å²) in [5.74, 6) is 1.17. The van der Waals surface area contributed by atoms with E-state index in [2.05, 4.69) is 11.1 Å². The van der Waals surface area contributed by atoms with Crippen LogP contribution in [0.5, 0.6) is 11.5 Å². The van der Waals surface area contributed by atoms with Crippen molar-refractivity contribution >= 4 is 23.3 Å². The average molecular weight is 313 g/mol. The van der Waals surface area contributed by atoms with Gasteiger partial charge < -0.3 is 9.47 Å². The highest BCUT2D eigenvalue weighted by Gasteiger charge is 2.15. The first-order valence-corrected chi connectivity index (χ1v) is 7.28. The first-order valence-electron chi connectivity index (χ1n) is 6.90. The summed E-state index contributed by atoms with van der Waals surface area (Å²) in [4.78, 5) is 4.19. The van der Waals surface area contributed by atoms with Crippen LogP contribution in [0.15, 0.2) is 36.5 Å². The number of aromatic nitrogens is 1. The van der Waals surface area contributed by atoms with Gasteiger partial charge >= 0.3 is 0 Å². The number of hydrogen-bond acceptors (Lipinski definition) is 4. The molecular weight excluding hydrogens is 300 g/mol. The van der Waals surface area contributed by atoms with E-state index >= 15 is 0 Å². The van der Waals surface area contributed by atoms with Crippen molar-refractivity contribution in [2.75, 3.05) is 13.2 Å². The number of hydrogen-bond donors (Lipinski definition) is 0. The summed E-state index contributed by atoms with van der Waals surface area (Å²) in [7, 11) is 0. The van der Waals surface area contributed by atoms with Crippen molar-refractivity contribution in [3.05, 3.63) is 52.8 Å². The predicted molar refractivity (Wildman–Crippen MR) is 84.8 cm³/mol. The van der Waals surface area contributed by atoms with Gasteiger partial charge in [0.05, 0.1) is 29.5 Å². The van der Waals surface area contributed by atoms with Gasteiger partial charge in [-0.15, -0.1) is 0 Å². The zero-order chi connectivity index (χ0) is 15.4. The Morgan fingerprint density at radius 1 is 1.27 bits per heavy atom. The molecule has 1 aromatic carbocycles. The van der Waals surface area contributed by atoms with E-state index in [0.29, 0.717) is 41.0 Å². The molecule has 0 fully saturated rings. The Labute approximate surface area is 133 Å². The van der Waals surface area contributed by atoms with Crippen molar-refractivity contribution in [1.29, 1.82) is 5.26 Å². The topological polar surface area (TPSA) is 55.1 Å². The molecule has 0 bridgehead atoms. The maximum absolute atomic E-state index is 9.35. The standard InChI is InChI=1S/C17H13ClN2O2/c18-14-9-12(10-16-17(14)22-7-3-6-21-16)8-13(11-19)15-4-1-2-5-20-15/h1-2,4-5,8-10H,3,6-7H2/b13-8+. The number of rotatable bonds is 2. The minimum Gasteiger partial charge on any atom is -0.489 e. The third kappa shape index (κ3) is 3.05. The zero-order valence-electron chi connectivity index (χ0n) is 11.8. The lowest BCUT2D eigenvalue weighted by molar-refractivity contribution is 0.297. The van der Waals surface area contributed by atoms with Crippen LogP contribution < -0.4 is 9.47 Å². The third-order valence-corrected chi connectivity index (χ3v) is 3.48. The van der Waals surface area contributed by atoms with Crippen molar-refractivity contribution in [3.8, 4) is 17.6 Å². The lowest BCUT2D eigenvalue weighted by atomic mass is 10.1. The van der Waals surface area contributed by atoms with Gasteiger partial charge in [0.2, 0.25) is 0 Å². The second kappa shape index (κ2) is 6.50. The average Bonchev–Trinajstić information content (AvgIpc) is 2.79. The lowest BCUT2D eigenvalue weighted by Crippen LogP contribution is -1.97. The molecule has 0 radical (unpaired) electrons. The summed E-state index contributed by atoms with van der Waals surface area (Å²) in [5.41, 5.74) is 1.86. The number of pyridine rings is 1. The highest BCUT2D eigenvalue weighted by molar-refractivity contribution is 6.32. The molecule has 0 spiro atoms. The van der Waals surface area contributed by atoms with E-state index in [9.17, 15) is 5.26 Å². The smallest absolute Gasteiger partial charge is 0.179 e. The van der Waals surface area contributed by atoms with Gasteiger partial charge in [-0.1, -0.05) is 17.7 Å². The molecule has 0 saturated carbocycles. The van der Waals surface area contributed by atoms with Gasteiger partial charge in [0.1, 0.15) is 6.07 Å². The molecule has 0 aliphatic carbocycles. The van der Waals surface area contributed by atoms with Crippen LogP contribution >= 0.6 is 11.6 Å². The van der Waals surface area contributed by atoms with Gasteiger partial charge in [0.15, 0.2) is 11.5 Å². The number of nitriles is 1. The Morgan fingerprint density at radius 3 is 2.91 bits per heavy atom. The van der Waals surface area contributed by atoms with Crippen molar-refractivity contribution in [2.45, 2.75) is 6.42 Å². The normalized spacial score (nSPS) is 14.1. The van der Waals surface area contributed by atoms with Gasteiger partial charge in [0.25, 0.3) is 0 Å². The molecule has 110 valence electrons. The number of allylic oxidation sites excluding steroid dienone is 1. The number of ether oxygens (including phenoxy) is 2. The summed E-state index contributed by atoms with van der Waals surface area (Å²) >= 11 is 6.26. The van der Waals surface area contributed by atoms with E-state index in [-0.39, 0.29) is 0 Å². The Kier molecular flexibility index (Phi) is 4.27. The zero-order valence-corrected chi connectivity index (χ0v) is 12.5. The van der Waals surface area contributed by atoms with Crippen molar-refractivity contribution in [3.63, 3.8) is 0 Å². The molecule has 3 rings (SSSR count). The number of fused-ring (bicyclic) bond motifs is 1. The molecule has 0 amide bonds. The van der Waals surface area contributed by atoms with Crippen LogP contribution in [0.2, 0.25) is 5.02 Å². The molecule has 2 aromatic rings. The summed E-state index contributed by atoms with van der Waals surface area (Å²) in [6.07, 6.45) is 4.21. The molecule has 0 unspecified atom stereocenters. The highest BCUT2D eigenvalue weighted by Crippen LogP contribution is 2.38. The van der Waals surface area contributed by atoms with Gasteiger partial charge in [-0.25, -0.2) is 0 Å². The van der Waals surface area contributed by atoms with Crippen LogP contribution in [-0.4, -0.2) is 18.2 Å². The van der Waals surface area contributed by atoms with E-state index in [1.54, 1.807) is 24.4 Å². The molecule has 0 saturated heterocycles. The first kappa shape index (κ1) is 14.4. The Balaban J connectivity index is 2.02. The van der Waals surface area contributed by atoms with E-state index in [4.69, 9.17) is 21.1 Å². The van der Waals surface area contributed by atoms with Gasteiger partial charge in [-0.05, 0) is 35.9 Å². The Morgan fingerprint density at radius 2 is 2.14 bits per heavy atom. The second-order valence-electron chi connectivity index (χ2n) is 4.77. The van der Waals surface area contributed by atoms with Crippen molar-refractivity contribution < 1.29 is 9.47 Å². The monoisotopic (exact) mass is 312 g/mol.